The fourth-order valence-electron chi connectivity index (χ4n) is 4.65. The average molecular weight is 564 g/mol. The Hall–Kier alpha value is -2.01. The smallest absolute Gasteiger partial charge is 0.368 e. The normalized spacial score (nSPS) is 20.0. The van der Waals surface area contributed by atoms with Gasteiger partial charge in [-0.1, -0.05) is 35.3 Å². The number of amides is 1. The zero-order valence-electron chi connectivity index (χ0n) is 19.3. The number of carbonyl (C=O) groups is 1. The van der Waals surface area contributed by atoms with Crippen molar-refractivity contribution in [2.45, 2.75) is 24.8 Å². The van der Waals surface area contributed by atoms with Gasteiger partial charge in [-0.3, -0.25) is 4.79 Å². The fourth-order valence-corrected chi connectivity index (χ4v) is 6.57. The molecule has 2 aromatic carbocycles. The first kappa shape index (κ1) is 27.0. The second kappa shape index (κ2) is 10.8. The number of halogens is 5. The number of anilines is 1. The van der Waals surface area contributed by atoms with Crippen molar-refractivity contribution in [3.8, 4) is 0 Å². The van der Waals surface area contributed by atoms with E-state index < -0.39 is 27.7 Å². The largest absolute Gasteiger partial charge is 0.416 e. The molecule has 0 bridgehead atoms. The Morgan fingerprint density at radius 2 is 1.69 bits per heavy atom. The van der Waals surface area contributed by atoms with E-state index in [1.54, 1.807) is 23.1 Å². The summed E-state index contributed by atoms with van der Waals surface area (Å²) >= 11 is 11.9. The average Bonchev–Trinajstić information content (AvgIpc) is 2.85. The molecule has 12 heteroatoms. The second-order valence-electron chi connectivity index (χ2n) is 9.06. The van der Waals surface area contributed by atoms with Crippen molar-refractivity contribution < 1.29 is 26.4 Å². The minimum Gasteiger partial charge on any atom is -0.368 e. The molecule has 36 heavy (non-hydrogen) atoms. The van der Waals surface area contributed by atoms with Gasteiger partial charge in [0.15, 0.2) is 0 Å². The molecule has 2 heterocycles. The van der Waals surface area contributed by atoms with E-state index in [1.165, 1.54) is 16.4 Å². The van der Waals surface area contributed by atoms with E-state index in [1.807, 2.05) is 4.90 Å². The second-order valence-corrected chi connectivity index (χ2v) is 11.8. The number of carbonyl (C=O) groups excluding carboxylic acids is 1. The SMILES string of the molecule is O=C([C@@H]1CCCN(S(=O)(=O)Cc2ccc(Cl)c(Cl)c2)C1)N1CCN(c2cccc(C(F)(F)F)c2)CC1. The van der Waals surface area contributed by atoms with Crippen LogP contribution in [-0.2, 0) is 26.7 Å². The molecule has 0 radical (unpaired) electrons. The Balaban J connectivity index is 1.36. The first-order chi connectivity index (χ1) is 16.9. The number of benzene rings is 2. The zero-order valence-corrected chi connectivity index (χ0v) is 21.7. The van der Waals surface area contributed by atoms with Gasteiger partial charge in [0.1, 0.15) is 0 Å². The van der Waals surface area contributed by atoms with Crippen molar-refractivity contribution in [1.82, 2.24) is 9.21 Å². The van der Waals surface area contributed by atoms with E-state index in [9.17, 15) is 26.4 Å². The number of piperazine rings is 1. The molecule has 0 spiro atoms. The van der Waals surface area contributed by atoms with Gasteiger partial charge in [0, 0.05) is 45.0 Å². The van der Waals surface area contributed by atoms with Crippen LogP contribution in [0.3, 0.4) is 0 Å². The summed E-state index contributed by atoms with van der Waals surface area (Å²) in [5.74, 6) is -0.809. The van der Waals surface area contributed by atoms with Crippen molar-refractivity contribution >= 4 is 44.8 Å². The van der Waals surface area contributed by atoms with Gasteiger partial charge < -0.3 is 9.80 Å². The van der Waals surface area contributed by atoms with E-state index in [-0.39, 0.29) is 23.2 Å². The maximum Gasteiger partial charge on any atom is 0.416 e. The van der Waals surface area contributed by atoms with E-state index in [2.05, 4.69) is 0 Å². The molecule has 6 nitrogen and oxygen atoms in total. The van der Waals surface area contributed by atoms with E-state index in [0.29, 0.717) is 61.8 Å². The molecule has 196 valence electrons. The van der Waals surface area contributed by atoms with Crippen molar-refractivity contribution in [1.29, 1.82) is 0 Å². The lowest BCUT2D eigenvalue weighted by atomic mass is 9.97. The lowest BCUT2D eigenvalue weighted by Gasteiger charge is -2.39. The molecule has 2 aromatic rings. The van der Waals surface area contributed by atoms with Gasteiger partial charge in [0.25, 0.3) is 0 Å². The first-order valence-electron chi connectivity index (χ1n) is 11.6. The van der Waals surface area contributed by atoms with Crippen LogP contribution in [0.4, 0.5) is 18.9 Å². The van der Waals surface area contributed by atoms with Crippen molar-refractivity contribution in [2.24, 2.45) is 5.92 Å². The fraction of sp³-hybridized carbons (Fsp3) is 0.458. The Kier molecular flexibility index (Phi) is 8.09. The summed E-state index contributed by atoms with van der Waals surface area (Å²) in [4.78, 5) is 16.7. The molecular weight excluding hydrogens is 538 g/mol. The summed E-state index contributed by atoms with van der Waals surface area (Å²) in [6.45, 7) is 1.98. The summed E-state index contributed by atoms with van der Waals surface area (Å²) in [6.07, 6.45) is -3.26. The van der Waals surface area contributed by atoms with Gasteiger partial charge in [-0.2, -0.15) is 13.2 Å². The van der Waals surface area contributed by atoms with Crippen LogP contribution in [0.1, 0.15) is 24.0 Å². The van der Waals surface area contributed by atoms with Gasteiger partial charge in [0.05, 0.1) is 27.3 Å². The van der Waals surface area contributed by atoms with E-state index in [4.69, 9.17) is 23.2 Å². The van der Waals surface area contributed by atoms with E-state index in [0.717, 1.165) is 12.1 Å². The molecular formula is C24H26Cl2F3N3O3S. The zero-order chi connectivity index (χ0) is 26.1. The maximum absolute atomic E-state index is 13.2. The molecule has 2 saturated heterocycles. The highest BCUT2D eigenvalue weighted by Gasteiger charge is 2.36. The number of hydrogen-bond donors (Lipinski definition) is 0. The maximum atomic E-state index is 13.2. The number of piperidine rings is 1. The highest BCUT2D eigenvalue weighted by molar-refractivity contribution is 7.88. The first-order valence-corrected chi connectivity index (χ1v) is 13.9. The molecule has 0 N–H and O–H groups in total. The van der Waals surface area contributed by atoms with Crippen molar-refractivity contribution in [3.63, 3.8) is 0 Å². The summed E-state index contributed by atoms with van der Waals surface area (Å²) in [5, 5.41) is 0.620. The minimum absolute atomic E-state index is 0.107. The van der Waals surface area contributed by atoms with Crippen molar-refractivity contribution in [3.05, 3.63) is 63.6 Å². The third-order valence-corrected chi connectivity index (χ3v) is 9.15. The van der Waals surface area contributed by atoms with Crippen LogP contribution in [0.2, 0.25) is 10.0 Å². The lowest BCUT2D eigenvalue weighted by Crippen LogP contribution is -2.53. The Morgan fingerprint density at radius 3 is 2.36 bits per heavy atom. The Labute approximate surface area is 218 Å². The Bertz CT molecular complexity index is 1220. The topological polar surface area (TPSA) is 60.9 Å². The van der Waals surface area contributed by atoms with Gasteiger partial charge in [0.2, 0.25) is 15.9 Å². The predicted octanol–water partition coefficient (Wildman–Crippen LogP) is 4.90. The number of rotatable bonds is 5. The van der Waals surface area contributed by atoms with Crippen LogP contribution in [0.15, 0.2) is 42.5 Å². The molecule has 0 aliphatic carbocycles. The third kappa shape index (κ3) is 6.27. The predicted molar refractivity (Wildman–Crippen MR) is 134 cm³/mol. The highest BCUT2D eigenvalue weighted by atomic mass is 35.5. The highest BCUT2D eigenvalue weighted by Crippen LogP contribution is 2.32. The summed E-state index contributed by atoms with van der Waals surface area (Å²) in [7, 11) is -3.66. The standard InChI is InChI=1S/C24H26Cl2F3N3O3S/c25-21-7-6-17(13-22(21)26)16-36(34,35)32-8-2-3-18(15-32)23(33)31-11-9-30(10-12-31)20-5-1-4-19(14-20)24(27,28)29/h1,4-7,13-14,18H,2-3,8-12,15-16H2/t18-/m1/s1. The number of sulfonamides is 1. The number of alkyl halides is 3. The monoisotopic (exact) mass is 563 g/mol. The van der Waals surface area contributed by atoms with Gasteiger partial charge in [-0.15, -0.1) is 0 Å². The summed E-state index contributed by atoms with van der Waals surface area (Å²) in [5.41, 5.74) is 0.278. The molecule has 1 amide bonds. The molecule has 0 aromatic heterocycles. The molecule has 2 fully saturated rings. The third-order valence-electron chi connectivity index (χ3n) is 6.59. The molecule has 1 atom stereocenters. The Morgan fingerprint density at radius 1 is 0.972 bits per heavy atom. The quantitative estimate of drug-likeness (QED) is 0.519. The summed E-state index contributed by atoms with van der Waals surface area (Å²) in [6, 6.07) is 9.86. The number of hydrogen-bond acceptors (Lipinski definition) is 4. The lowest BCUT2D eigenvalue weighted by molar-refractivity contribution is -0.137. The van der Waals surface area contributed by atoms with Crippen LogP contribution in [0, 0.1) is 5.92 Å². The molecule has 2 aliphatic rings. The number of nitrogens with zero attached hydrogens (tertiary/aromatic N) is 3. The van der Waals surface area contributed by atoms with Crippen LogP contribution >= 0.6 is 23.2 Å². The van der Waals surface area contributed by atoms with Crippen molar-refractivity contribution in [2.75, 3.05) is 44.2 Å². The molecule has 0 saturated carbocycles. The summed E-state index contributed by atoms with van der Waals surface area (Å²) < 4.78 is 66.6. The van der Waals surface area contributed by atoms with Crippen LogP contribution < -0.4 is 4.90 Å². The van der Waals surface area contributed by atoms with Gasteiger partial charge >= 0.3 is 6.18 Å². The molecule has 2 aliphatic heterocycles. The minimum atomic E-state index is -4.42. The van der Waals surface area contributed by atoms with E-state index >= 15 is 0 Å². The van der Waals surface area contributed by atoms with Crippen LogP contribution in [-0.4, -0.2) is 62.8 Å². The van der Waals surface area contributed by atoms with Gasteiger partial charge in [-0.25, -0.2) is 12.7 Å². The van der Waals surface area contributed by atoms with Crippen LogP contribution in [0.5, 0.6) is 0 Å². The molecule has 4 rings (SSSR count). The van der Waals surface area contributed by atoms with Crippen LogP contribution in [0.25, 0.3) is 0 Å². The van der Waals surface area contributed by atoms with Gasteiger partial charge in [-0.05, 0) is 48.7 Å². The molecule has 0 unspecified atom stereocenters.